The summed E-state index contributed by atoms with van der Waals surface area (Å²) < 4.78 is 32.1. The topological polar surface area (TPSA) is 75.7 Å². The predicted molar refractivity (Wildman–Crippen MR) is 71.8 cm³/mol. The molecule has 0 saturated carbocycles. The molecule has 0 bridgehead atoms. The molecule has 1 rings (SSSR count). The second kappa shape index (κ2) is 6.72. The van der Waals surface area contributed by atoms with Gasteiger partial charge in [0.15, 0.2) is 0 Å². The molecule has 0 aromatic carbocycles. The van der Waals surface area contributed by atoms with E-state index in [-0.39, 0.29) is 12.1 Å². The third kappa shape index (κ3) is 4.40. The van der Waals surface area contributed by atoms with Crippen molar-refractivity contribution < 1.29 is 17.9 Å². The zero-order valence-electron chi connectivity index (χ0n) is 10.6. The number of nitrogens with one attached hydrogen (secondary N) is 1. The summed E-state index contributed by atoms with van der Waals surface area (Å²) >= 11 is 3.30. The Balaban J connectivity index is 2.69. The molecule has 18 heavy (non-hydrogen) atoms. The highest BCUT2D eigenvalue weighted by molar-refractivity contribution is 9.09. The van der Waals surface area contributed by atoms with Gasteiger partial charge in [-0.05, 0) is 26.7 Å². The molecule has 0 aliphatic carbocycles. The van der Waals surface area contributed by atoms with Crippen molar-refractivity contribution in [1.29, 1.82) is 0 Å². The summed E-state index contributed by atoms with van der Waals surface area (Å²) in [6.45, 7) is 3.75. The minimum Gasteiger partial charge on any atom is -0.446 e. The zero-order chi connectivity index (χ0) is 13.8. The number of ether oxygens (including phenoxy) is 1. The van der Waals surface area contributed by atoms with Gasteiger partial charge in [-0.3, -0.25) is 0 Å². The number of carbonyl (C=O) groups is 1. The number of hydrogen-bond acceptors (Lipinski definition) is 4. The highest BCUT2D eigenvalue weighted by atomic mass is 79.9. The van der Waals surface area contributed by atoms with Gasteiger partial charge in [0.1, 0.15) is 0 Å². The van der Waals surface area contributed by atoms with Gasteiger partial charge in [0.05, 0.1) is 6.10 Å². The lowest BCUT2D eigenvalue weighted by molar-refractivity contribution is 0.120. The Morgan fingerprint density at radius 1 is 1.50 bits per heavy atom. The molecule has 1 heterocycles. The first-order valence-electron chi connectivity index (χ1n) is 5.93. The molecule has 1 fully saturated rings. The monoisotopic (exact) mass is 342 g/mol. The minimum absolute atomic E-state index is 0.108. The average molecular weight is 343 g/mol. The van der Waals surface area contributed by atoms with Gasteiger partial charge >= 0.3 is 16.3 Å². The van der Waals surface area contributed by atoms with Crippen LogP contribution in [0.2, 0.25) is 0 Å². The third-order valence-corrected chi connectivity index (χ3v) is 4.89. The van der Waals surface area contributed by atoms with Gasteiger partial charge in [-0.2, -0.15) is 12.7 Å². The van der Waals surface area contributed by atoms with E-state index in [4.69, 9.17) is 4.74 Å². The van der Waals surface area contributed by atoms with Crippen molar-refractivity contribution in [3.63, 3.8) is 0 Å². The Hall–Kier alpha value is -0.340. The van der Waals surface area contributed by atoms with E-state index in [0.717, 1.165) is 19.3 Å². The van der Waals surface area contributed by atoms with E-state index >= 15 is 0 Å². The van der Waals surface area contributed by atoms with Crippen LogP contribution in [-0.2, 0) is 14.9 Å². The zero-order valence-corrected chi connectivity index (χ0v) is 13.0. The van der Waals surface area contributed by atoms with Gasteiger partial charge in [0.2, 0.25) is 0 Å². The molecule has 1 aliphatic rings. The Morgan fingerprint density at radius 2 is 2.17 bits per heavy atom. The van der Waals surface area contributed by atoms with Crippen LogP contribution in [0.25, 0.3) is 0 Å². The summed E-state index contributed by atoms with van der Waals surface area (Å²) in [5, 5.41) is 0.563. The SMILES string of the molecule is CC(C)OC(=O)NS(=O)(=O)N1CCCCC1CBr. The number of hydrogen-bond donors (Lipinski definition) is 1. The standard InChI is InChI=1S/C10H19BrN2O4S/c1-8(2)17-10(14)12-18(15,16)13-6-4-3-5-9(13)7-11/h8-9H,3-7H2,1-2H3,(H,12,14). The molecule has 0 aromatic rings. The van der Waals surface area contributed by atoms with Crippen molar-refractivity contribution in [2.24, 2.45) is 0 Å². The van der Waals surface area contributed by atoms with Crippen LogP contribution < -0.4 is 4.72 Å². The molecule has 0 spiro atoms. The maximum Gasteiger partial charge on any atom is 0.422 e. The minimum atomic E-state index is -3.81. The average Bonchev–Trinajstić information content (AvgIpc) is 2.27. The maximum atomic E-state index is 12.0. The number of nitrogens with zero attached hydrogens (tertiary/aromatic N) is 1. The second-order valence-electron chi connectivity index (χ2n) is 4.48. The summed E-state index contributed by atoms with van der Waals surface area (Å²) in [4.78, 5) is 11.4. The largest absolute Gasteiger partial charge is 0.446 e. The fraction of sp³-hybridized carbons (Fsp3) is 0.900. The first-order valence-corrected chi connectivity index (χ1v) is 8.49. The summed E-state index contributed by atoms with van der Waals surface area (Å²) in [6.07, 6.45) is 1.32. The van der Waals surface area contributed by atoms with Crippen LogP contribution in [0.4, 0.5) is 4.79 Å². The number of amides is 1. The molecule has 6 nitrogen and oxygen atoms in total. The number of piperidine rings is 1. The summed E-state index contributed by atoms with van der Waals surface area (Å²) in [6, 6.07) is -0.108. The number of rotatable bonds is 4. The molecule has 1 unspecified atom stereocenters. The number of alkyl halides is 1. The first-order chi connectivity index (χ1) is 8.36. The lowest BCUT2D eigenvalue weighted by atomic mass is 10.1. The first kappa shape index (κ1) is 15.7. The van der Waals surface area contributed by atoms with E-state index in [1.54, 1.807) is 13.8 Å². The van der Waals surface area contributed by atoms with Crippen molar-refractivity contribution in [2.75, 3.05) is 11.9 Å². The molecular formula is C10H19BrN2O4S. The van der Waals surface area contributed by atoms with Gasteiger partial charge < -0.3 is 4.74 Å². The van der Waals surface area contributed by atoms with Crippen molar-refractivity contribution in [3.8, 4) is 0 Å². The predicted octanol–water partition coefficient (Wildman–Crippen LogP) is 1.62. The molecule has 0 aromatic heterocycles. The smallest absolute Gasteiger partial charge is 0.422 e. The van der Waals surface area contributed by atoms with E-state index in [1.807, 2.05) is 4.72 Å². The summed E-state index contributed by atoms with van der Waals surface area (Å²) in [5.74, 6) is 0. The van der Waals surface area contributed by atoms with E-state index in [1.165, 1.54) is 4.31 Å². The fourth-order valence-corrected chi connectivity index (χ4v) is 4.03. The van der Waals surface area contributed by atoms with Crippen LogP contribution in [0.3, 0.4) is 0 Å². The molecule has 1 amide bonds. The van der Waals surface area contributed by atoms with E-state index in [9.17, 15) is 13.2 Å². The molecule has 1 atom stereocenters. The van der Waals surface area contributed by atoms with Crippen LogP contribution in [-0.4, -0.2) is 42.8 Å². The number of halogens is 1. The molecule has 1 aliphatic heterocycles. The Bertz CT molecular complexity index is 385. The van der Waals surface area contributed by atoms with Crippen LogP contribution in [0, 0.1) is 0 Å². The maximum absolute atomic E-state index is 12.0. The Kier molecular flexibility index (Phi) is 5.87. The summed E-state index contributed by atoms with van der Waals surface area (Å²) in [7, 11) is -3.81. The van der Waals surface area contributed by atoms with Gasteiger partial charge in [-0.25, -0.2) is 9.52 Å². The third-order valence-electron chi connectivity index (χ3n) is 2.62. The molecule has 0 radical (unpaired) electrons. The lowest BCUT2D eigenvalue weighted by Crippen LogP contribution is -2.51. The fourth-order valence-electron chi connectivity index (χ4n) is 1.85. The molecule has 1 N–H and O–H groups in total. The van der Waals surface area contributed by atoms with Crippen molar-refractivity contribution in [2.45, 2.75) is 45.3 Å². The molecular weight excluding hydrogens is 324 g/mol. The van der Waals surface area contributed by atoms with Gasteiger partial charge in [0.25, 0.3) is 0 Å². The molecule has 1 saturated heterocycles. The second-order valence-corrected chi connectivity index (χ2v) is 6.75. The van der Waals surface area contributed by atoms with Crippen LogP contribution in [0.1, 0.15) is 33.1 Å². The van der Waals surface area contributed by atoms with Crippen molar-refractivity contribution in [1.82, 2.24) is 9.03 Å². The van der Waals surface area contributed by atoms with Gasteiger partial charge in [0, 0.05) is 17.9 Å². The highest BCUT2D eigenvalue weighted by Crippen LogP contribution is 2.21. The normalized spacial score (nSPS) is 21.9. The highest BCUT2D eigenvalue weighted by Gasteiger charge is 2.33. The molecule has 8 heteroatoms. The van der Waals surface area contributed by atoms with Crippen molar-refractivity contribution >= 4 is 32.2 Å². The summed E-state index contributed by atoms with van der Waals surface area (Å²) in [5.41, 5.74) is 0. The van der Waals surface area contributed by atoms with Gasteiger partial charge in [-0.15, -0.1) is 0 Å². The quantitative estimate of drug-likeness (QED) is 0.787. The Morgan fingerprint density at radius 3 is 2.72 bits per heavy atom. The Labute approximate surface area is 116 Å². The lowest BCUT2D eigenvalue weighted by Gasteiger charge is -2.33. The van der Waals surface area contributed by atoms with Gasteiger partial charge in [-0.1, -0.05) is 22.4 Å². The number of carbonyl (C=O) groups excluding carboxylic acids is 1. The van der Waals surface area contributed by atoms with E-state index < -0.39 is 16.3 Å². The van der Waals surface area contributed by atoms with E-state index in [0.29, 0.717) is 11.9 Å². The van der Waals surface area contributed by atoms with Crippen LogP contribution >= 0.6 is 15.9 Å². The van der Waals surface area contributed by atoms with Crippen molar-refractivity contribution in [3.05, 3.63) is 0 Å². The molecule has 106 valence electrons. The van der Waals surface area contributed by atoms with Crippen LogP contribution in [0.5, 0.6) is 0 Å². The van der Waals surface area contributed by atoms with E-state index in [2.05, 4.69) is 15.9 Å². The van der Waals surface area contributed by atoms with Crippen LogP contribution in [0.15, 0.2) is 0 Å².